The SMILES string of the molecule is Cc1cccc(-c2n[nH]c(C3C4CC5CC(C4)CC3C5)n2)c1N. The number of hydrogen-bond donors (Lipinski definition) is 2. The van der Waals surface area contributed by atoms with Gasteiger partial charge in [0, 0.05) is 17.2 Å². The van der Waals surface area contributed by atoms with Crippen molar-refractivity contribution in [1.82, 2.24) is 15.2 Å². The fraction of sp³-hybridized carbons (Fsp3) is 0.579. The second-order valence-electron chi connectivity index (χ2n) is 8.04. The molecule has 0 radical (unpaired) electrons. The van der Waals surface area contributed by atoms with Crippen LogP contribution in [0.15, 0.2) is 18.2 Å². The Balaban J connectivity index is 1.49. The fourth-order valence-corrected chi connectivity index (χ4v) is 5.79. The van der Waals surface area contributed by atoms with E-state index in [1.165, 1.54) is 32.1 Å². The Bertz CT molecular complexity index is 720. The molecular formula is C19H24N4. The number of anilines is 1. The molecule has 1 heterocycles. The monoisotopic (exact) mass is 308 g/mol. The van der Waals surface area contributed by atoms with E-state index in [0.717, 1.165) is 52.1 Å². The van der Waals surface area contributed by atoms with Crippen molar-refractivity contribution in [3.63, 3.8) is 0 Å². The lowest BCUT2D eigenvalue weighted by molar-refractivity contribution is -0.00552. The summed E-state index contributed by atoms with van der Waals surface area (Å²) in [5.74, 6) is 6.08. The number of nitrogens with two attached hydrogens (primary N) is 1. The standard InChI is InChI=1S/C19H24N4/c1-10-3-2-4-15(17(10)20)18-21-19(23-22-18)16-13-6-11-5-12(8-13)9-14(16)7-11/h2-4,11-14,16H,5-9,20H2,1H3,(H,21,22,23). The number of hydrogen-bond acceptors (Lipinski definition) is 3. The van der Waals surface area contributed by atoms with Crippen LogP contribution in [-0.2, 0) is 0 Å². The number of H-pyrrole nitrogens is 1. The number of aromatic amines is 1. The molecular weight excluding hydrogens is 284 g/mol. The van der Waals surface area contributed by atoms with E-state index in [9.17, 15) is 0 Å². The molecule has 23 heavy (non-hydrogen) atoms. The summed E-state index contributed by atoms with van der Waals surface area (Å²) >= 11 is 0. The van der Waals surface area contributed by atoms with Crippen LogP contribution in [0.4, 0.5) is 5.69 Å². The van der Waals surface area contributed by atoms with Gasteiger partial charge in [0.15, 0.2) is 5.82 Å². The molecule has 6 rings (SSSR count). The first-order valence-electron chi connectivity index (χ1n) is 8.96. The van der Waals surface area contributed by atoms with E-state index in [1.54, 1.807) is 0 Å². The van der Waals surface area contributed by atoms with Crippen molar-refractivity contribution in [3.8, 4) is 11.4 Å². The molecule has 4 heteroatoms. The van der Waals surface area contributed by atoms with E-state index in [-0.39, 0.29) is 0 Å². The third-order valence-corrected chi connectivity index (χ3v) is 6.61. The van der Waals surface area contributed by atoms with E-state index >= 15 is 0 Å². The molecule has 1 aromatic carbocycles. The van der Waals surface area contributed by atoms with Crippen molar-refractivity contribution in [2.45, 2.75) is 44.9 Å². The van der Waals surface area contributed by atoms with Gasteiger partial charge in [-0.2, -0.15) is 5.10 Å². The molecule has 0 saturated heterocycles. The summed E-state index contributed by atoms with van der Waals surface area (Å²) in [7, 11) is 0. The minimum Gasteiger partial charge on any atom is -0.398 e. The highest BCUT2D eigenvalue weighted by molar-refractivity contribution is 5.73. The lowest BCUT2D eigenvalue weighted by atomic mass is 9.52. The van der Waals surface area contributed by atoms with Gasteiger partial charge in [0.2, 0.25) is 0 Å². The summed E-state index contributed by atoms with van der Waals surface area (Å²) in [5.41, 5.74) is 9.06. The summed E-state index contributed by atoms with van der Waals surface area (Å²) in [6.45, 7) is 2.03. The summed E-state index contributed by atoms with van der Waals surface area (Å²) in [6.07, 6.45) is 7.10. The van der Waals surface area contributed by atoms with E-state index in [2.05, 4.69) is 10.2 Å². The largest absolute Gasteiger partial charge is 0.398 e. The number of benzene rings is 1. The molecule has 4 aliphatic rings. The molecule has 4 aliphatic carbocycles. The maximum Gasteiger partial charge on any atom is 0.183 e. The van der Waals surface area contributed by atoms with Crippen LogP contribution in [0.25, 0.3) is 11.4 Å². The molecule has 3 N–H and O–H groups in total. The van der Waals surface area contributed by atoms with Gasteiger partial charge in [-0.05, 0) is 74.3 Å². The Morgan fingerprint density at radius 3 is 2.43 bits per heavy atom. The van der Waals surface area contributed by atoms with Crippen LogP contribution in [0.3, 0.4) is 0 Å². The Morgan fingerprint density at radius 2 is 1.74 bits per heavy atom. The second-order valence-corrected chi connectivity index (χ2v) is 8.04. The fourth-order valence-electron chi connectivity index (χ4n) is 5.79. The molecule has 4 nitrogen and oxygen atoms in total. The Labute approximate surface area is 136 Å². The predicted octanol–water partition coefficient (Wildman–Crippen LogP) is 3.90. The summed E-state index contributed by atoms with van der Waals surface area (Å²) < 4.78 is 0. The predicted molar refractivity (Wildman–Crippen MR) is 90.8 cm³/mol. The third-order valence-electron chi connectivity index (χ3n) is 6.61. The van der Waals surface area contributed by atoms with Crippen LogP contribution >= 0.6 is 0 Å². The topological polar surface area (TPSA) is 67.6 Å². The van der Waals surface area contributed by atoms with Crippen LogP contribution in [0.5, 0.6) is 0 Å². The highest BCUT2D eigenvalue weighted by Crippen LogP contribution is 2.59. The molecule has 0 amide bonds. The zero-order valence-corrected chi connectivity index (χ0v) is 13.6. The highest BCUT2D eigenvalue weighted by Gasteiger charge is 2.49. The van der Waals surface area contributed by atoms with Gasteiger partial charge in [0.05, 0.1) is 0 Å². The van der Waals surface area contributed by atoms with Crippen molar-refractivity contribution in [2.75, 3.05) is 5.73 Å². The van der Waals surface area contributed by atoms with Gasteiger partial charge in [-0.25, -0.2) is 4.98 Å². The Hall–Kier alpha value is -1.84. The van der Waals surface area contributed by atoms with Crippen LogP contribution in [-0.4, -0.2) is 15.2 Å². The molecule has 120 valence electrons. The first kappa shape index (κ1) is 13.6. The maximum atomic E-state index is 6.22. The summed E-state index contributed by atoms with van der Waals surface area (Å²) in [6, 6.07) is 6.08. The molecule has 4 fully saturated rings. The zero-order chi connectivity index (χ0) is 15.6. The van der Waals surface area contributed by atoms with Gasteiger partial charge in [-0.15, -0.1) is 0 Å². The van der Waals surface area contributed by atoms with Crippen molar-refractivity contribution in [1.29, 1.82) is 0 Å². The minimum atomic E-state index is 0.593. The van der Waals surface area contributed by atoms with E-state index < -0.39 is 0 Å². The number of nitrogens with zero attached hydrogens (tertiary/aromatic N) is 2. The average Bonchev–Trinajstić information content (AvgIpc) is 2.98. The third kappa shape index (κ3) is 2.03. The lowest BCUT2D eigenvalue weighted by Crippen LogP contribution is -2.44. The van der Waals surface area contributed by atoms with E-state index in [0.29, 0.717) is 5.92 Å². The molecule has 4 saturated carbocycles. The van der Waals surface area contributed by atoms with Gasteiger partial charge in [-0.1, -0.05) is 12.1 Å². The minimum absolute atomic E-state index is 0.593. The van der Waals surface area contributed by atoms with E-state index in [4.69, 9.17) is 10.7 Å². The van der Waals surface area contributed by atoms with Crippen LogP contribution in [0, 0.1) is 30.6 Å². The van der Waals surface area contributed by atoms with Crippen molar-refractivity contribution in [3.05, 3.63) is 29.6 Å². The molecule has 2 aromatic rings. The Kier molecular flexibility index (Phi) is 2.85. The first-order valence-corrected chi connectivity index (χ1v) is 8.96. The van der Waals surface area contributed by atoms with E-state index in [1.807, 2.05) is 25.1 Å². The second kappa shape index (κ2) is 4.83. The molecule has 4 bridgehead atoms. The van der Waals surface area contributed by atoms with Crippen molar-refractivity contribution >= 4 is 5.69 Å². The zero-order valence-electron chi connectivity index (χ0n) is 13.6. The number of rotatable bonds is 2. The van der Waals surface area contributed by atoms with Gasteiger partial charge in [0.1, 0.15) is 5.82 Å². The number of nitrogens with one attached hydrogen (secondary N) is 1. The Morgan fingerprint density at radius 1 is 1.04 bits per heavy atom. The van der Waals surface area contributed by atoms with Crippen molar-refractivity contribution in [2.24, 2.45) is 23.7 Å². The van der Waals surface area contributed by atoms with Gasteiger partial charge in [-0.3, -0.25) is 5.10 Å². The summed E-state index contributed by atoms with van der Waals surface area (Å²) in [5, 5.41) is 7.77. The molecule has 0 aliphatic heterocycles. The smallest absolute Gasteiger partial charge is 0.183 e. The summed E-state index contributed by atoms with van der Waals surface area (Å²) in [4.78, 5) is 4.88. The molecule has 0 unspecified atom stereocenters. The van der Waals surface area contributed by atoms with Gasteiger partial charge in [0.25, 0.3) is 0 Å². The van der Waals surface area contributed by atoms with Crippen LogP contribution in [0.1, 0.15) is 49.4 Å². The quantitative estimate of drug-likeness (QED) is 0.827. The van der Waals surface area contributed by atoms with Gasteiger partial charge >= 0.3 is 0 Å². The molecule has 0 spiro atoms. The van der Waals surface area contributed by atoms with Crippen LogP contribution in [0.2, 0.25) is 0 Å². The van der Waals surface area contributed by atoms with Gasteiger partial charge < -0.3 is 5.73 Å². The number of nitrogen functional groups attached to an aromatic ring is 1. The number of para-hydroxylation sites is 1. The molecule has 0 atom stereocenters. The number of aryl methyl sites for hydroxylation is 1. The highest BCUT2D eigenvalue weighted by atomic mass is 15.2. The van der Waals surface area contributed by atoms with Crippen LogP contribution < -0.4 is 5.73 Å². The van der Waals surface area contributed by atoms with Crippen molar-refractivity contribution < 1.29 is 0 Å². The number of aromatic nitrogens is 3. The average molecular weight is 308 g/mol. The lowest BCUT2D eigenvalue weighted by Gasteiger charge is -2.53. The molecule has 1 aromatic heterocycles. The normalized spacial score (nSPS) is 34.9. The first-order chi connectivity index (χ1) is 11.2. The maximum absolute atomic E-state index is 6.22.